The highest BCUT2D eigenvalue weighted by atomic mass is 16.6. The molecule has 1 saturated heterocycles. The average molecular weight is 170 g/mol. The van der Waals surface area contributed by atoms with E-state index in [0.29, 0.717) is 0 Å². The lowest BCUT2D eigenvalue weighted by Gasteiger charge is -2.19. The van der Waals surface area contributed by atoms with Crippen LogP contribution >= 0.6 is 0 Å². The summed E-state index contributed by atoms with van der Waals surface area (Å²) in [6, 6.07) is 0. The minimum Gasteiger partial charge on any atom is -0.457 e. The van der Waals surface area contributed by atoms with Gasteiger partial charge in [-0.05, 0) is 0 Å². The molecule has 4 nitrogen and oxygen atoms in total. The van der Waals surface area contributed by atoms with E-state index in [1.807, 2.05) is 6.08 Å². The molecule has 4 heteroatoms. The van der Waals surface area contributed by atoms with Crippen LogP contribution in [0, 0.1) is 0 Å². The molecule has 1 N–H and O–H groups in total. The zero-order valence-electron chi connectivity index (χ0n) is 6.64. The third-order valence-electron chi connectivity index (χ3n) is 2.10. The molecule has 0 aromatic carbocycles. The molecule has 2 heterocycles. The highest BCUT2D eigenvalue weighted by molar-refractivity contribution is 5.66. The van der Waals surface area contributed by atoms with Crippen molar-refractivity contribution in [1.82, 2.24) is 0 Å². The third kappa shape index (κ3) is 1.04. The number of hydrogen-bond donors (Lipinski definition) is 1. The summed E-state index contributed by atoms with van der Waals surface area (Å²) in [5.74, 6) is -0.386. The zero-order valence-corrected chi connectivity index (χ0v) is 6.64. The van der Waals surface area contributed by atoms with Gasteiger partial charge in [0.1, 0.15) is 18.3 Å². The normalized spacial score (nSPS) is 43.5. The molecule has 4 atom stereocenters. The fourth-order valence-corrected chi connectivity index (χ4v) is 1.58. The first-order valence-electron chi connectivity index (χ1n) is 3.87. The van der Waals surface area contributed by atoms with Crippen LogP contribution in [-0.4, -0.2) is 35.5 Å². The van der Waals surface area contributed by atoms with Crippen molar-refractivity contribution in [2.24, 2.45) is 0 Å². The Balaban J connectivity index is 2.08. The van der Waals surface area contributed by atoms with Crippen LogP contribution in [0.3, 0.4) is 0 Å². The van der Waals surface area contributed by atoms with Crippen molar-refractivity contribution in [3.05, 3.63) is 12.2 Å². The quantitative estimate of drug-likeness (QED) is 0.430. The van der Waals surface area contributed by atoms with Crippen molar-refractivity contribution in [2.45, 2.75) is 31.3 Å². The van der Waals surface area contributed by atoms with E-state index in [1.165, 1.54) is 6.92 Å². The third-order valence-corrected chi connectivity index (χ3v) is 2.10. The average Bonchev–Trinajstić information content (AvgIpc) is 2.53. The summed E-state index contributed by atoms with van der Waals surface area (Å²) in [5, 5.41) is 9.47. The number of ether oxygens (including phenoxy) is 2. The Bertz CT molecular complexity index is 235. The van der Waals surface area contributed by atoms with Gasteiger partial charge in [-0.1, -0.05) is 12.2 Å². The van der Waals surface area contributed by atoms with Gasteiger partial charge in [0.15, 0.2) is 6.10 Å². The molecule has 0 spiro atoms. The number of fused-ring (bicyclic) bond motifs is 2. The maximum atomic E-state index is 10.6. The molecule has 0 radical (unpaired) electrons. The van der Waals surface area contributed by atoms with Crippen LogP contribution in [0.25, 0.3) is 0 Å². The van der Waals surface area contributed by atoms with Crippen LogP contribution in [0.5, 0.6) is 0 Å². The van der Waals surface area contributed by atoms with Crippen molar-refractivity contribution in [2.75, 3.05) is 0 Å². The highest BCUT2D eigenvalue weighted by Crippen LogP contribution is 2.31. The molecule has 0 amide bonds. The summed E-state index contributed by atoms with van der Waals surface area (Å²) in [5.41, 5.74) is 0. The first-order valence-corrected chi connectivity index (χ1v) is 3.87. The van der Waals surface area contributed by atoms with Crippen molar-refractivity contribution in [3.8, 4) is 0 Å². The topological polar surface area (TPSA) is 55.8 Å². The predicted octanol–water partition coefficient (Wildman–Crippen LogP) is -0.384. The summed E-state index contributed by atoms with van der Waals surface area (Å²) in [4.78, 5) is 10.6. The molecule has 0 aromatic rings. The van der Waals surface area contributed by atoms with E-state index in [2.05, 4.69) is 0 Å². The second kappa shape index (κ2) is 2.57. The van der Waals surface area contributed by atoms with E-state index in [-0.39, 0.29) is 18.2 Å². The molecule has 2 aliphatic heterocycles. The SMILES string of the molecule is CC(=O)O[C@@H]1C2C=CC(O2)[C@@H]1O. The van der Waals surface area contributed by atoms with E-state index in [9.17, 15) is 9.90 Å². The molecule has 2 unspecified atom stereocenters. The van der Waals surface area contributed by atoms with Gasteiger partial charge in [0.2, 0.25) is 0 Å². The van der Waals surface area contributed by atoms with Crippen molar-refractivity contribution in [3.63, 3.8) is 0 Å². The zero-order chi connectivity index (χ0) is 8.72. The highest BCUT2D eigenvalue weighted by Gasteiger charge is 2.47. The summed E-state index contributed by atoms with van der Waals surface area (Å²) in [6.45, 7) is 1.32. The number of aliphatic hydroxyl groups excluding tert-OH is 1. The van der Waals surface area contributed by atoms with E-state index >= 15 is 0 Å². The molecule has 12 heavy (non-hydrogen) atoms. The monoisotopic (exact) mass is 170 g/mol. The molecule has 0 aliphatic carbocycles. The molecule has 2 rings (SSSR count). The van der Waals surface area contributed by atoms with E-state index < -0.39 is 12.2 Å². The Morgan fingerprint density at radius 3 is 2.67 bits per heavy atom. The summed E-state index contributed by atoms with van der Waals surface area (Å²) in [6.07, 6.45) is 1.83. The fraction of sp³-hybridized carbons (Fsp3) is 0.625. The predicted molar refractivity (Wildman–Crippen MR) is 39.4 cm³/mol. The molecular formula is C8H10O4. The second-order valence-corrected chi connectivity index (χ2v) is 3.01. The number of carbonyl (C=O) groups is 1. The Hall–Kier alpha value is -0.870. The lowest BCUT2D eigenvalue weighted by Crippen LogP contribution is -2.37. The molecule has 2 bridgehead atoms. The minimum absolute atomic E-state index is 0.256. The van der Waals surface area contributed by atoms with Crippen LogP contribution < -0.4 is 0 Å². The Kier molecular flexibility index (Phi) is 1.66. The number of esters is 1. The minimum atomic E-state index is -0.705. The number of hydrogen-bond acceptors (Lipinski definition) is 4. The van der Waals surface area contributed by atoms with Crippen molar-refractivity contribution in [1.29, 1.82) is 0 Å². The molecule has 2 aliphatic rings. The maximum Gasteiger partial charge on any atom is 0.303 e. The largest absolute Gasteiger partial charge is 0.457 e. The molecule has 1 fully saturated rings. The van der Waals surface area contributed by atoms with Crippen LogP contribution in [-0.2, 0) is 14.3 Å². The number of aliphatic hydroxyl groups is 1. The standard InChI is InChI=1S/C8H10O4/c1-4(9)11-8-6-3-2-5(12-6)7(8)10/h2-3,5-8,10H,1H3/t5?,6?,7-,8+/m0/s1. The van der Waals surface area contributed by atoms with Gasteiger partial charge in [0.05, 0.1) is 0 Å². The Labute approximate surface area is 69.8 Å². The van der Waals surface area contributed by atoms with Gasteiger partial charge in [-0.2, -0.15) is 0 Å². The summed E-state index contributed by atoms with van der Waals surface area (Å²) in [7, 11) is 0. The van der Waals surface area contributed by atoms with Gasteiger partial charge < -0.3 is 14.6 Å². The molecular weight excluding hydrogens is 160 g/mol. The van der Waals surface area contributed by atoms with Gasteiger partial charge in [0.25, 0.3) is 0 Å². The van der Waals surface area contributed by atoms with Gasteiger partial charge >= 0.3 is 5.97 Å². The van der Waals surface area contributed by atoms with Crippen LogP contribution in [0.4, 0.5) is 0 Å². The van der Waals surface area contributed by atoms with Crippen LogP contribution in [0.1, 0.15) is 6.92 Å². The van der Waals surface area contributed by atoms with Gasteiger partial charge in [-0.3, -0.25) is 4.79 Å². The van der Waals surface area contributed by atoms with Gasteiger partial charge in [-0.15, -0.1) is 0 Å². The molecule has 0 saturated carbocycles. The maximum absolute atomic E-state index is 10.6. The Morgan fingerprint density at radius 1 is 1.50 bits per heavy atom. The lowest BCUT2D eigenvalue weighted by atomic mass is 10.0. The lowest BCUT2D eigenvalue weighted by molar-refractivity contribution is -0.151. The van der Waals surface area contributed by atoms with E-state index in [1.54, 1.807) is 6.08 Å². The van der Waals surface area contributed by atoms with Crippen LogP contribution in [0.15, 0.2) is 12.2 Å². The second-order valence-electron chi connectivity index (χ2n) is 3.01. The molecule has 66 valence electrons. The fourth-order valence-electron chi connectivity index (χ4n) is 1.58. The number of carbonyl (C=O) groups excluding carboxylic acids is 1. The van der Waals surface area contributed by atoms with Crippen molar-refractivity contribution < 1.29 is 19.4 Å². The van der Waals surface area contributed by atoms with Crippen molar-refractivity contribution >= 4 is 5.97 Å². The van der Waals surface area contributed by atoms with Gasteiger partial charge in [-0.25, -0.2) is 0 Å². The van der Waals surface area contributed by atoms with E-state index in [4.69, 9.17) is 9.47 Å². The van der Waals surface area contributed by atoms with Crippen LogP contribution in [0.2, 0.25) is 0 Å². The Morgan fingerprint density at radius 2 is 2.17 bits per heavy atom. The number of rotatable bonds is 1. The van der Waals surface area contributed by atoms with E-state index in [0.717, 1.165) is 0 Å². The molecule has 0 aromatic heterocycles. The summed E-state index contributed by atoms with van der Waals surface area (Å²) < 4.78 is 10.2. The smallest absolute Gasteiger partial charge is 0.303 e. The summed E-state index contributed by atoms with van der Waals surface area (Å²) >= 11 is 0. The first-order chi connectivity index (χ1) is 5.68. The first kappa shape index (κ1) is 7.76. The van der Waals surface area contributed by atoms with Gasteiger partial charge in [0, 0.05) is 6.92 Å².